The molecular weight excluding hydrogens is 254 g/mol. The van der Waals surface area contributed by atoms with E-state index in [0.29, 0.717) is 5.92 Å². The highest BCUT2D eigenvalue weighted by molar-refractivity contribution is 7.98. The summed E-state index contributed by atoms with van der Waals surface area (Å²) < 4.78 is 2.02. The lowest BCUT2D eigenvalue weighted by Crippen LogP contribution is -2.13. The average Bonchev–Trinajstić information content (AvgIpc) is 2.65. The first kappa shape index (κ1) is 14.9. The van der Waals surface area contributed by atoms with Crippen LogP contribution in [-0.4, -0.2) is 22.1 Å². The summed E-state index contributed by atoms with van der Waals surface area (Å²) >= 11 is 8.22. The fraction of sp³-hybridized carbons (Fsp3) is 0.750. The van der Waals surface area contributed by atoms with Crippen LogP contribution in [0.15, 0.2) is 0 Å². The molecule has 1 heterocycles. The van der Waals surface area contributed by atoms with Gasteiger partial charge in [0.15, 0.2) is 0 Å². The van der Waals surface area contributed by atoms with E-state index in [4.69, 9.17) is 17.3 Å². The molecule has 1 atom stereocenters. The van der Waals surface area contributed by atoms with E-state index < -0.39 is 0 Å². The number of aryl methyl sites for hydroxylation is 2. The number of hydrogen-bond acceptors (Lipinski definition) is 3. The van der Waals surface area contributed by atoms with Crippen LogP contribution < -0.4 is 5.73 Å². The molecule has 0 saturated carbocycles. The summed E-state index contributed by atoms with van der Waals surface area (Å²) in [5, 5.41) is 5.36. The minimum atomic E-state index is 0.558. The molecule has 1 aromatic heterocycles. The Labute approximate surface area is 113 Å². The van der Waals surface area contributed by atoms with Gasteiger partial charge < -0.3 is 5.73 Å². The van der Waals surface area contributed by atoms with E-state index in [1.807, 2.05) is 16.4 Å². The van der Waals surface area contributed by atoms with Gasteiger partial charge >= 0.3 is 0 Å². The van der Waals surface area contributed by atoms with Crippen LogP contribution in [0.25, 0.3) is 0 Å². The van der Waals surface area contributed by atoms with Crippen molar-refractivity contribution in [2.24, 2.45) is 11.7 Å². The van der Waals surface area contributed by atoms with Crippen molar-refractivity contribution in [3.05, 3.63) is 16.4 Å². The molecule has 0 spiro atoms. The first-order valence-electron chi connectivity index (χ1n) is 6.15. The smallest absolute Gasteiger partial charge is 0.0858 e. The van der Waals surface area contributed by atoms with Gasteiger partial charge in [0.1, 0.15) is 0 Å². The van der Waals surface area contributed by atoms with Crippen LogP contribution in [0.4, 0.5) is 0 Å². The third-order valence-electron chi connectivity index (χ3n) is 2.74. The molecule has 5 heteroatoms. The second-order valence-corrected chi connectivity index (χ2v) is 5.64. The minimum absolute atomic E-state index is 0.558. The van der Waals surface area contributed by atoms with Crippen LogP contribution in [-0.2, 0) is 18.7 Å². The van der Waals surface area contributed by atoms with Crippen molar-refractivity contribution in [1.29, 1.82) is 0 Å². The lowest BCUT2D eigenvalue weighted by molar-refractivity contribution is 0.627. The second kappa shape index (κ2) is 7.29. The predicted octanol–water partition coefficient (Wildman–Crippen LogP) is 2.95. The molecule has 0 radical (unpaired) electrons. The summed E-state index contributed by atoms with van der Waals surface area (Å²) in [5.74, 6) is 2.55. The Kier molecular flexibility index (Phi) is 6.38. The first-order valence-corrected chi connectivity index (χ1v) is 7.69. The molecule has 0 fully saturated rings. The maximum Gasteiger partial charge on any atom is 0.0858 e. The van der Waals surface area contributed by atoms with Gasteiger partial charge in [-0.3, -0.25) is 4.68 Å². The van der Waals surface area contributed by atoms with Crippen molar-refractivity contribution >= 4 is 23.4 Å². The largest absolute Gasteiger partial charge is 0.330 e. The third kappa shape index (κ3) is 3.90. The maximum atomic E-state index is 6.34. The highest BCUT2D eigenvalue weighted by atomic mass is 35.5. The molecule has 0 aliphatic heterocycles. The van der Waals surface area contributed by atoms with Crippen LogP contribution >= 0.6 is 23.4 Å². The predicted molar refractivity (Wildman–Crippen MR) is 76.7 cm³/mol. The standard InChI is InChI=1S/C12H22ClN3S/c1-4-10-12(13)11(16(5-2)15-10)8-17-7-9(3)6-14/h9H,4-8,14H2,1-3H3. The van der Waals surface area contributed by atoms with Gasteiger partial charge in [0.05, 0.1) is 16.4 Å². The van der Waals surface area contributed by atoms with Crippen LogP contribution in [0.3, 0.4) is 0 Å². The molecule has 98 valence electrons. The van der Waals surface area contributed by atoms with E-state index in [1.54, 1.807) is 0 Å². The molecule has 0 aliphatic carbocycles. The lowest BCUT2D eigenvalue weighted by atomic mass is 10.2. The van der Waals surface area contributed by atoms with Crippen molar-refractivity contribution in [3.8, 4) is 0 Å². The van der Waals surface area contributed by atoms with Gasteiger partial charge in [-0.05, 0) is 31.6 Å². The van der Waals surface area contributed by atoms with Crippen molar-refractivity contribution < 1.29 is 0 Å². The number of nitrogens with zero attached hydrogens (tertiary/aromatic N) is 2. The normalized spacial score (nSPS) is 13.0. The maximum absolute atomic E-state index is 6.34. The first-order chi connectivity index (χ1) is 8.13. The van der Waals surface area contributed by atoms with E-state index >= 15 is 0 Å². The zero-order valence-corrected chi connectivity index (χ0v) is 12.4. The quantitative estimate of drug-likeness (QED) is 0.832. The summed E-state index contributed by atoms with van der Waals surface area (Å²) in [6.07, 6.45) is 0.892. The lowest BCUT2D eigenvalue weighted by Gasteiger charge is -2.09. The van der Waals surface area contributed by atoms with Crippen molar-refractivity contribution in [2.75, 3.05) is 12.3 Å². The molecular formula is C12H22ClN3S. The van der Waals surface area contributed by atoms with Crippen LogP contribution in [0, 0.1) is 5.92 Å². The highest BCUT2D eigenvalue weighted by Gasteiger charge is 2.14. The molecule has 3 nitrogen and oxygen atoms in total. The Morgan fingerprint density at radius 2 is 2.18 bits per heavy atom. The van der Waals surface area contributed by atoms with Crippen LogP contribution in [0.2, 0.25) is 5.02 Å². The topological polar surface area (TPSA) is 43.8 Å². The number of nitrogens with two attached hydrogens (primary N) is 1. The summed E-state index contributed by atoms with van der Waals surface area (Å²) in [6, 6.07) is 0. The van der Waals surface area contributed by atoms with E-state index in [-0.39, 0.29) is 0 Å². The van der Waals surface area contributed by atoms with Gasteiger partial charge in [0.25, 0.3) is 0 Å². The molecule has 0 aliphatic rings. The molecule has 0 aromatic carbocycles. The molecule has 17 heavy (non-hydrogen) atoms. The van der Waals surface area contributed by atoms with Crippen molar-refractivity contribution in [2.45, 2.75) is 39.5 Å². The van der Waals surface area contributed by atoms with Gasteiger partial charge in [0.2, 0.25) is 0 Å². The summed E-state index contributed by atoms with van der Waals surface area (Å²) in [6.45, 7) is 7.97. The number of thioether (sulfide) groups is 1. The van der Waals surface area contributed by atoms with E-state index in [9.17, 15) is 0 Å². The Morgan fingerprint density at radius 1 is 1.47 bits per heavy atom. The number of rotatable bonds is 7. The van der Waals surface area contributed by atoms with Crippen LogP contribution in [0.1, 0.15) is 32.2 Å². The fourth-order valence-corrected chi connectivity index (χ4v) is 3.14. The number of hydrogen-bond donors (Lipinski definition) is 1. The van der Waals surface area contributed by atoms with Gasteiger partial charge in [-0.2, -0.15) is 16.9 Å². The van der Waals surface area contributed by atoms with Gasteiger partial charge in [-0.15, -0.1) is 0 Å². The molecule has 0 bridgehead atoms. The Bertz CT molecular complexity index is 352. The zero-order valence-electron chi connectivity index (χ0n) is 10.9. The number of aromatic nitrogens is 2. The highest BCUT2D eigenvalue weighted by Crippen LogP contribution is 2.26. The molecule has 1 unspecified atom stereocenters. The van der Waals surface area contributed by atoms with E-state index in [0.717, 1.165) is 47.4 Å². The van der Waals surface area contributed by atoms with Gasteiger partial charge in [-0.25, -0.2) is 0 Å². The molecule has 1 aromatic rings. The summed E-state index contributed by atoms with van der Waals surface area (Å²) in [4.78, 5) is 0. The Balaban J connectivity index is 2.66. The molecule has 2 N–H and O–H groups in total. The SMILES string of the molecule is CCc1nn(CC)c(CSCC(C)CN)c1Cl. The Hall–Kier alpha value is -0.190. The number of halogens is 1. The molecule has 1 rings (SSSR count). The fourth-order valence-electron chi connectivity index (χ4n) is 1.58. The van der Waals surface area contributed by atoms with E-state index in [2.05, 4.69) is 25.9 Å². The average molecular weight is 276 g/mol. The van der Waals surface area contributed by atoms with Gasteiger partial charge in [0, 0.05) is 12.3 Å². The van der Waals surface area contributed by atoms with Crippen LogP contribution in [0.5, 0.6) is 0 Å². The van der Waals surface area contributed by atoms with Crippen molar-refractivity contribution in [1.82, 2.24) is 9.78 Å². The summed E-state index contributed by atoms with van der Waals surface area (Å²) in [5.41, 5.74) is 7.77. The third-order valence-corrected chi connectivity index (χ3v) is 4.46. The molecule has 0 saturated heterocycles. The van der Waals surface area contributed by atoms with Gasteiger partial charge in [-0.1, -0.05) is 25.4 Å². The van der Waals surface area contributed by atoms with Crippen molar-refractivity contribution in [3.63, 3.8) is 0 Å². The van der Waals surface area contributed by atoms with E-state index in [1.165, 1.54) is 0 Å². The zero-order chi connectivity index (χ0) is 12.8. The second-order valence-electron chi connectivity index (χ2n) is 4.23. The minimum Gasteiger partial charge on any atom is -0.330 e. The molecule has 0 amide bonds. The summed E-state index contributed by atoms with van der Waals surface area (Å²) in [7, 11) is 0. The monoisotopic (exact) mass is 275 g/mol. The Morgan fingerprint density at radius 3 is 2.71 bits per heavy atom.